The molecule has 3 rings (SSSR count). The van der Waals surface area contributed by atoms with Crippen LogP contribution < -0.4 is 14.3 Å². The fourth-order valence-corrected chi connectivity index (χ4v) is 4.36. The highest BCUT2D eigenvalue weighted by Gasteiger charge is 2.31. The molecule has 0 aliphatic heterocycles. The lowest BCUT2D eigenvalue weighted by molar-refractivity contribution is -0.137. The van der Waals surface area contributed by atoms with E-state index in [4.69, 9.17) is 8.92 Å². The number of rotatable bonds is 8. The van der Waals surface area contributed by atoms with Crippen LogP contribution >= 0.6 is 15.9 Å². The Balaban J connectivity index is 1.79. The highest BCUT2D eigenvalue weighted by Crippen LogP contribution is 2.31. The Hall–Kier alpha value is -3.38. The average molecular weight is 585 g/mol. The third-order valence-electron chi connectivity index (χ3n) is 4.85. The number of amides is 1. The van der Waals surface area contributed by atoms with E-state index in [1.807, 2.05) is 0 Å². The van der Waals surface area contributed by atoms with E-state index in [0.717, 1.165) is 12.1 Å². The van der Waals surface area contributed by atoms with Gasteiger partial charge in [-0.15, -0.1) is 0 Å². The van der Waals surface area contributed by atoms with Crippen LogP contribution in [0.5, 0.6) is 11.5 Å². The third kappa shape index (κ3) is 7.08. The summed E-state index contributed by atoms with van der Waals surface area (Å²) in [6.07, 6.45) is -4.58. The van der Waals surface area contributed by atoms with Crippen molar-refractivity contribution in [3.05, 3.63) is 87.9 Å². The molecule has 0 fully saturated rings. The van der Waals surface area contributed by atoms with Crippen molar-refractivity contribution in [3.8, 4) is 11.5 Å². The predicted octanol–water partition coefficient (Wildman–Crippen LogP) is 5.33. The Morgan fingerprint density at radius 1 is 1.06 bits per heavy atom. The Labute approximate surface area is 214 Å². The number of methoxy groups -OCH3 is 1. The van der Waals surface area contributed by atoms with Crippen LogP contribution in [0.3, 0.4) is 0 Å². The maximum absolute atomic E-state index is 12.8. The molecule has 36 heavy (non-hydrogen) atoms. The number of alkyl halides is 3. The minimum atomic E-state index is -4.60. The second-order valence-electron chi connectivity index (χ2n) is 7.46. The molecule has 0 radical (unpaired) electrons. The zero-order valence-corrected chi connectivity index (χ0v) is 21.4. The van der Waals surface area contributed by atoms with E-state index in [1.54, 1.807) is 24.3 Å². The molecule has 190 valence electrons. The number of hydrogen-bond donors (Lipinski definition) is 1. The molecule has 1 amide bonds. The van der Waals surface area contributed by atoms with E-state index < -0.39 is 32.7 Å². The first-order valence-corrected chi connectivity index (χ1v) is 12.5. The zero-order chi connectivity index (χ0) is 26.5. The zero-order valence-electron chi connectivity index (χ0n) is 19.0. The molecule has 0 aliphatic rings. The van der Waals surface area contributed by atoms with Crippen LogP contribution in [-0.4, -0.2) is 27.1 Å². The van der Waals surface area contributed by atoms with E-state index in [1.165, 1.54) is 32.2 Å². The summed E-state index contributed by atoms with van der Waals surface area (Å²) in [6.45, 7) is 1.53. The number of carbonyl (C=O) groups excluding carboxylic acids is 1. The van der Waals surface area contributed by atoms with Crippen LogP contribution in [-0.2, 0) is 27.5 Å². The van der Waals surface area contributed by atoms with Gasteiger partial charge in [-0.25, -0.2) is 5.43 Å². The molecule has 1 N–H and O–H groups in total. The van der Waals surface area contributed by atoms with E-state index in [9.17, 15) is 26.4 Å². The Morgan fingerprint density at radius 3 is 2.39 bits per heavy atom. The monoisotopic (exact) mass is 584 g/mol. The maximum Gasteiger partial charge on any atom is 0.416 e. The largest absolute Gasteiger partial charge is 0.497 e. The second kappa shape index (κ2) is 11.1. The quantitative estimate of drug-likeness (QED) is 0.219. The van der Waals surface area contributed by atoms with Crippen LogP contribution in [0.4, 0.5) is 13.2 Å². The Kier molecular flexibility index (Phi) is 8.41. The highest BCUT2D eigenvalue weighted by molar-refractivity contribution is 9.10. The number of benzene rings is 3. The van der Waals surface area contributed by atoms with Gasteiger partial charge in [0.05, 0.1) is 24.8 Å². The molecule has 0 atom stereocenters. The van der Waals surface area contributed by atoms with Gasteiger partial charge < -0.3 is 8.92 Å². The number of halogens is 4. The molecule has 0 saturated carbocycles. The lowest BCUT2D eigenvalue weighted by atomic mass is 10.1. The van der Waals surface area contributed by atoms with Crippen molar-refractivity contribution in [1.82, 2.24) is 5.43 Å². The fraction of sp³-hybridized carbons (Fsp3) is 0.167. The third-order valence-corrected chi connectivity index (χ3v) is 6.59. The number of hydrazone groups is 1. The number of ether oxygens (including phenoxy) is 1. The number of nitrogens with one attached hydrogen (secondary N) is 1. The van der Waals surface area contributed by atoms with Crippen molar-refractivity contribution >= 4 is 37.7 Å². The van der Waals surface area contributed by atoms with Gasteiger partial charge in [-0.3, -0.25) is 4.79 Å². The second-order valence-corrected chi connectivity index (χ2v) is 9.92. The van der Waals surface area contributed by atoms with Gasteiger partial charge in [0.1, 0.15) is 10.6 Å². The molecule has 12 heteroatoms. The first-order valence-electron chi connectivity index (χ1n) is 10.3. The molecule has 3 aromatic rings. The van der Waals surface area contributed by atoms with E-state index in [2.05, 4.69) is 26.5 Å². The smallest absolute Gasteiger partial charge is 0.416 e. The first-order chi connectivity index (χ1) is 16.9. The molecule has 3 aromatic carbocycles. The Morgan fingerprint density at radius 2 is 1.75 bits per heavy atom. The van der Waals surface area contributed by atoms with Gasteiger partial charge in [-0.1, -0.05) is 28.1 Å². The predicted molar refractivity (Wildman–Crippen MR) is 130 cm³/mol. The maximum atomic E-state index is 12.8. The lowest BCUT2D eigenvalue weighted by Crippen LogP contribution is -2.21. The topological polar surface area (TPSA) is 94.1 Å². The standard InChI is InChI=1S/C24H20BrF3N2O5S/c1-15(29-30-23(31)13-16-4-3-5-19(12-16)34-2)21-14-18(25)8-11-22(21)35-36(32,33)20-9-6-17(7-10-20)24(26,27)28/h3-12,14H,13H2,1-2H3,(H,30,31). The molecule has 0 aliphatic carbocycles. The van der Waals surface area contributed by atoms with Crippen molar-refractivity contribution < 1.29 is 35.3 Å². The summed E-state index contributed by atoms with van der Waals surface area (Å²) in [5, 5.41) is 4.04. The number of hydrogen-bond acceptors (Lipinski definition) is 6. The average Bonchev–Trinajstić information content (AvgIpc) is 2.83. The van der Waals surface area contributed by atoms with Gasteiger partial charge in [0.15, 0.2) is 5.75 Å². The summed E-state index contributed by atoms with van der Waals surface area (Å²) in [6, 6.07) is 14.3. The highest BCUT2D eigenvalue weighted by atomic mass is 79.9. The van der Waals surface area contributed by atoms with Crippen LogP contribution in [0.1, 0.15) is 23.6 Å². The van der Waals surface area contributed by atoms with Crippen molar-refractivity contribution in [2.24, 2.45) is 5.10 Å². The first kappa shape index (κ1) is 27.2. The van der Waals surface area contributed by atoms with E-state index >= 15 is 0 Å². The van der Waals surface area contributed by atoms with Crippen LogP contribution in [0, 0.1) is 0 Å². The molecule has 0 spiro atoms. The minimum Gasteiger partial charge on any atom is -0.497 e. The molecule has 0 saturated heterocycles. The van der Waals surface area contributed by atoms with E-state index in [0.29, 0.717) is 27.9 Å². The van der Waals surface area contributed by atoms with Crippen molar-refractivity contribution in [3.63, 3.8) is 0 Å². The molecule has 0 unspecified atom stereocenters. The summed E-state index contributed by atoms with van der Waals surface area (Å²) in [7, 11) is -2.94. The summed E-state index contributed by atoms with van der Waals surface area (Å²) in [4.78, 5) is 11.9. The van der Waals surface area contributed by atoms with Crippen molar-refractivity contribution in [1.29, 1.82) is 0 Å². The van der Waals surface area contributed by atoms with Gasteiger partial charge >= 0.3 is 16.3 Å². The normalized spacial score (nSPS) is 12.2. The van der Waals surface area contributed by atoms with Crippen molar-refractivity contribution in [2.75, 3.05) is 7.11 Å². The van der Waals surface area contributed by atoms with Gasteiger partial charge in [0.25, 0.3) is 0 Å². The number of carbonyl (C=O) groups is 1. The van der Waals surface area contributed by atoms with Gasteiger partial charge in [-0.2, -0.15) is 26.7 Å². The lowest BCUT2D eigenvalue weighted by Gasteiger charge is -2.13. The minimum absolute atomic E-state index is 0.0259. The summed E-state index contributed by atoms with van der Waals surface area (Å²) in [5.74, 6) is 0.0593. The van der Waals surface area contributed by atoms with Crippen LogP contribution in [0.15, 0.2) is 81.2 Å². The van der Waals surface area contributed by atoms with Crippen LogP contribution in [0.2, 0.25) is 0 Å². The van der Waals surface area contributed by atoms with Crippen molar-refractivity contribution in [2.45, 2.75) is 24.4 Å². The Bertz CT molecular complexity index is 1390. The molecule has 0 heterocycles. The molecule has 0 aromatic heterocycles. The summed E-state index contributed by atoms with van der Waals surface area (Å²) >= 11 is 3.29. The van der Waals surface area contributed by atoms with E-state index in [-0.39, 0.29) is 23.4 Å². The van der Waals surface area contributed by atoms with Crippen LogP contribution in [0.25, 0.3) is 0 Å². The van der Waals surface area contributed by atoms with Gasteiger partial charge in [-0.05, 0) is 67.1 Å². The molecular formula is C24H20BrF3N2O5S. The summed E-state index contributed by atoms with van der Waals surface area (Å²) < 4.78 is 74.7. The SMILES string of the molecule is COc1cccc(CC(=O)NN=C(C)c2cc(Br)ccc2OS(=O)(=O)c2ccc(C(F)(F)F)cc2)c1. The molecule has 0 bridgehead atoms. The fourth-order valence-electron chi connectivity index (χ4n) is 3.05. The molecular weight excluding hydrogens is 565 g/mol. The van der Waals surface area contributed by atoms with Gasteiger partial charge in [0.2, 0.25) is 5.91 Å². The van der Waals surface area contributed by atoms with Gasteiger partial charge in [0, 0.05) is 10.0 Å². The molecule has 7 nitrogen and oxygen atoms in total. The summed E-state index contributed by atoms with van der Waals surface area (Å²) in [5.41, 5.74) is 2.59. The number of nitrogens with zero attached hydrogens (tertiary/aromatic N) is 1.